The molecule has 0 spiro atoms. The molecule has 0 unspecified atom stereocenters. The highest BCUT2D eigenvalue weighted by Gasteiger charge is 2.29. The van der Waals surface area contributed by atoms with Gasteiger partial charge in [0.05, 0.1) is 11.5 Å². The van der Waals surface area contributed by atoms with Crippen LogP contribution in [0, 0.1) is 0 Å². The van der Waals surface area contributed by atoms with E-state index < -0.39 is 21.2 Å². The minimum atomic E-state index is -3.26. The summed E-state index contributed by atoms with van der Waals surface area (Å²) in [5, 5.41) is 19.5. The predicted octanol–water partition coefficient (Wildman–Crippen LogP) is 3.36. The molecule has 0 saturated carbocycles. The zero-order chi connectivity index (χ0) is 20.4. The van der Waals surface area contributed by atoms with E-state index in [2.05, 4.69) is 0 Å². The van der Waals surface area contributed by atoms with Crippen molar-refractivity contribution in [2.45, 2.75) is 21.6 Å². The number of aromatic nitrogens is 2. The molecule has 8 nitrogen and oxygen atoms in total. The molecule has 0 bridgehead atoms. The van der Waals surface area contributed by atoms with Crippen LogP contribution < -0.4 is 9.46 Å². The van der Waals surface area contributed by atoms with Gasteiger partial charge in [-0.05, 0) is 23.3 Å². The molecule has 28 heavy (non-hydrogen) atoms. The van der Waals surface area contributed by atoms with Gasteiger partial charge in [-0.25, -0.2) is 0 Å². The lowest BCUT2D eigenvalue weighted by molar-refractivity contribution is -0.933. The normalized spacial score (nSPS) is 13.3. The van der Waals surface area contributed by atoms with Gasteiger partial charge in [-0.1, -0.05) is 24.3 Å². The Labute approximate surface area is 165 Å². The number of pyridine rings is 2. The lowest BCUT2D eigenvalue weighted by Gasteiger charge is -2.28. The molecule has 0 atom stereocenters. The minimum absolute atomic E-state index is 0.00447. The van der Waals surface area contributed by atoms with Crippen LogP contribution >= 0.6 is 21.2 Å². The lowest BCUT2D eigenvalue weighted by Crippen LogP contribution is -2.35. The van der Waals surface area contributed by atoms with E-state index in [-0.39, 0.29) is 21.6 Å². The Kier molecular flexibility index (Phi) is 5.79. The third kappa shape index (κ3) is 4.55. The van der Waals surface area contributed by atoms with Gasteiger partial charge in [0.15, 0.2) is 0 Å². The average molecular weight is 427 g/mol. The van der Waals surface area contributed by atoms with E-state index in [4.69, 9.17) is 0 Å². The van der Waals surface area contributed by atoms with Crippen molar-refractivity contribution in [3.05, 3.63) is 84.2 Å². The third-order valence-corrected chi connectivity index (χ3v) is 7.49. The van der Waals surface area contributed by atoms with Crippen molar-refractivity contribution in [2.24, 2.45) is 0 Å². The zero-order valence-electron chi connectivity index (χ0n) is 14.7. The fourth-order valence-electron chi connectivity index (χ4n) is 2.70. The second-order valence-electron chi connectivity index (χ2n) is 6.21. The van der Waals surface area contributed by atoms with Crippen LogP contribution in [0.5, 0.6) is 0 Å². The van der Waals surface area contributed by atoms with Crippen LogP contribution in [0.4, 0.5) is 0 Å². The molecule has 3 rings (SSSR count). The van der Waals surface area contributed by atoms with E-state index in [1.165, 1.54) is 24.5 Å². The summed E-state index contributed by atoms with van der Waals surface area (Å²) < 4.78 is 43.0. The Morgan fingerprint density at radius 3 is 1.25 bits per heavy atom. The second-order valence-corrected chi connectivity index (χ2v) is 10.3. The Balaban J connectivity index is 1.75. The zero-order valence-corrected chi connectivity index (χ0v) is 16.4. The van der Waals surface area contributed by atoms with Gasteiger partial charge in [0.1, 0.15) is 0 Å². The third-order valence-electron chi connectivity index (χ3n) is 4.03. The van der Waals surface area contributed by atoms with E-state index in [9.17, 15) is 28.6 Å². The van der Waals surface area contributed by atoms with Crippen LogP contribution in [-0.4, -0.2) is 28.6 Å². The predicted molar refractivity (Wildman–Crippen MR) is 104 cm³/mol. The number of nitrogens with zero attached hydrogens (tertiary/aromatic N) is 2. The number of benzene rings is 1. The van der Waals surface area contributed by atoms with Gasteiger partial charge in [-0.3, -0.25) is 28.6 Å². The molecule has 3 aromatic rings. The quantitative estimate of drug-likeness (QED) is 0.265. The fourth-order valence-corrected chi connectivity index (χ4v) is 5.62. The second kappa shape index (κ2) is 7.95. The maximum absolute atomic E-state index is 10.4. The smallest absolute Gasteiger partial charge is 0.290 e. The van der Waals surface area contributed by atoms with Gasteiger partial charge < -0.3 is 0 Å². The van der Waals surface area contributed by atoms with E-state index in [1.54, 1.807) is 48.5 Å². The summed E-state index contributed by atoms with van der Waals surface area (Å²) in [6.45, 7) is 0. The summed E-state index contributed by atoms with van der Waals surface area (Å²) in [6, 6.07) is 15.8. The first kappa shape index (κ1) is 20.4. The van der Waals surface area contributed by atoms with Gasteiger partial charge in [0, 0.05) is 33.7 Å². The first-order chi connectivity index (χ1) is 13.2. The first-order valence-corrected chi connectivity index (χ1v) is 11.6. The minimum Gasteiger partial charge on any atom is -0.290 e. The molecule has 10 heteroatoms. The van der Waals surface area contributed by atoms with Gasteiger partial charge in [0.25, 0.3) is 0 Å². The maximum atomic E-state index is 10.4. The van der Waals surface area contributed by atoms with Crippen LogP contribution in [0.3, 0.4) is 0 Å². The van der Waals surface area contributed by atoms with E-state index >= 15 is 0 Å². The van der Waals surface area contributed by atoms with Gasteiger partial charge in [-0.2, -0.15) is 0 Å². The topological polar surface area (TPSA) is 129 Å². The highest BCUT2D eigenvalue weighted by atomic mass is 32.3. The van der Waals surface area contributed by atoms with Crippen molar-refractivity contribution in [1.82, 2.24) is 0 Å². The van der Waals surface area contributed by atoms with Crippen LogP contribution in [0.15, 0.2) is 83.1 Å². The van der Waals surface area contributed by atoms with E-state index in [0.29, 0.717) is 20.6 Å². The maximum Gasteiger partial charge on any atom is 0.344 e. The largest absolute Gasteiger partial charge is 0.344 e. The van der Waals surface area contributed by atoms with Gasteiger partial charge in [-0.15, -0.1) is 21.2 Å². The van der Waals surface area contributed by atoms with Crippen molar-refractivity contribution >= 4 is 21.2 Å². The van der Waals surface area contributed by atoms with Crippen LogP contribution in [0.2, 0.25) is 0 Å². The molecule has 0 radical (unpaired) electrons. The fraction of sp³-hybridized carbons (Fsp3) is 0.111. The lowest BCUT2D eigenvalue weighted by atomic mass is 10.2. The highest BCUT2D eigenvalue weighted by molar-refractivity contribution is 8.23. The Morgan fingerprint density at radius 1 is 0.571 bits per heavy atom. The highest BCUT2D eigenvalue weighted by Crippen LogP contribution is 2.50. The van der Waals surface area contributed by atoms with Gasteiger partial charge in [0.2, 0.25) is 12.4 Å². The average Bonchev–Trinajstić information content (AvgIpc) is 2.63. The molecule has 6 N–H and O–H groups in total. The van der Waals surface area contributed by atoms with Crippen LogP contribution in [-0.2, 0) is 11.5 Å². The standard InChI is InChI=1S/C18H20N2O6S2/c21-19-11-3-1-5-17(19)27(23,24)13-15-7-9-16(10-8-15)14-28(25,26)18-6-2-4-12-20(18)22/h1-12H,13-14H2,(H4-2,21,22,23,24,25,26)/p+2. The van der Waals surface area contributed by atoms with Crippen molar-refractivity contribution in [2.75, 3.05) is 0 Å². The summed E-state index contributed by atoms with van der Waals surface area (Å²) >= 11 is 0. The molecule has 0 saturated heterocycles. The SMILES string of the molecule is O[n+]1ccccc1S(O)(O)Cc1ccc(CS(O)(O)c2cccc[n+]2O)cc1. The Morgan fingerprint density at radius 2 is 0.929 bits per heavy atom. The molecule has 2 heterocycles. The Hall–Kier alpha value is -2.34. The van der Waals surface area contributed by atoms with Crippen molar-refractivity contribution in [3.8, 4) is 0 Å². The van der Waals surface area contributed by atoms with Gasteiger partial charge >= 0.3 is 10.1 Å². The van der Waals surface area contributed by atoms with Crippen molar-refractivity contribution < 1.29 is 38.1 Å². The molecular weight excluding hydrogens is 404 g/mol. The molecule has 0 aliphatic carbocycles. The molecule has 2 aromatic heterocycles. The molecule has 0 aliphatic rings. The number of rotatable bonds is 6. The summed E-state index contributed by atoms with van der Waals surface area (Å²) in [7, 11) is -6.52. The summed E-state index contributed by atoms with van der Waals surface area (Å²) in [5.41, 5.74) is 1.22. The Bertz CT molecular complexity index is 888. The summed E-state index contributed by atoms with van der Waals surface area (Å²) in [4.78, 5) is 0. The van der Waals surface area contributed by atoms with E-state index in [0.717, 1.165) is 0 Å². The van der Waals surface area contributed by atoms with Crippen LogP contribution in [0.25, 0.3) is 0 Å². The number of hydrogen-bond acceptors (Lipinski definition) is 6. The first-order valence-electron chi connectivity index (χ1n) is 8.19. The van der Waals surface area contributed by atoms with Crippen molar-refractivity contribution in [1.29, 1.82) is 0 Å². The number of hydrogen-bond donors (Lipinski definition) is 6. The molecule has 150 valence electrons. The summed E-state index contributed by atoms with van der Waals surface area (Å²) in [5.74, 6) is -0.188. The van der Waals surface area contributed by atoms with Crippen LogP contribution in [0.1, 0.15) is 11.1 Å². The van der Waals surface area contributed by atoms with E-state index in [1.807, 2.05) is 0 Å². The molecule has 0 fully saturated rings. The molecule has 0 amide bonds. The van der Waals surface area contributed by atoms with Crippen molar-refractivity contribution in [3.63, 3.8) is 0 Å². The molecule has 0 aliphatic heterocycles. The monoisotopic (exact) mass is 426 g/mol. The summed E-state index contributed by atoms with van der Waals surface area (Å²) in [6.07, 6.45) is 2.63. The molecule has 1 aromatic carbocycles. The molecular formula is C18H22N2O6S2+2.